The molecule has 5 heteroatoms. The monoisotopic (exact) mass is 456 g/mol. The lowest BCUT2D eigenvalue weighted by Crippen LogP contribution is -2.03. The zero-order chi connectivity index (χ0) is 23.8. The maximum absolute atomic E-state index is 12.1. The molecule has 1 aliphatic heterocycles. The number of fused-ring (bicyclic) bond motifs is 3. The Labute approximate surface area is 201 Å². The van der Waals surface area contributed by atoms with Gasteiger partial charge in [-0.25, -0.2) is 0 Å². The van der Waals surface area contributed by atoms with Crippen LogP contribution in [0.15, 0.2) is 118 Å². The molecule has 1 N–H and O–H groups in total. The third kappa shape index (κ3) is 3.83. The fourth-order valence-corrected chi connectivity index (χ4v) is 4.61. The molecule has 0 fully saturated rings. The van der Waals surface area contributed by atoms with Crippen LogP contribution in [0.4, 0.5) is 11.4 Å². The van der Waals surface area contributed by atoms with Gasteiger partial charge in [0.1, 0.15) is 17.0 Å². The summed E-state index contributed by atoms with van der Waals surface area (Å²) in [5.74, 6) is 0.465. The summed E-state index contributed by atoms with van der Waals surface area (Å²) in [7, 11) is 0. The molecule has 4 aromatic rings. The average molecular weight is 457 g/mol. The Kier molecular flexibility index (Phi) is 5.08. The summed E-state index contributed by atoms with van der Waals surface area (Å²) in [6.07, 6.45) is 0. The van der Waals surface area contributed by atoms with E-state index in [-0.39, 0.29) is 11.1 Å². The van der Waals surface area contributed by atoms with Crippen LogP contribution in [-0.2, 0) is 6.54 Å². The molecule has 1 aliphatic carbocycles. The molecule has 0 spiro atoms. The van der Waals surface area contributed by atoms with Gasteiger partial charge in [-0.05, 0) is 57.9 Å². The van der Waals surface area contributed by atoms with Crippen LogP contribution in [0, 0.1) is 4.91 Å². The molecule has 5 nitrogen and oxygen atoms in total. The number of nitrogens with one attached hydrogen (secondary N) is 1. The maximum Gasteiger partial charge on any atom is 0.182 e. The van der Waals surface area contributed by atoms with Crippen LogP contribution in [0.25, 0.3) is 44.2 Å². The first-order chi connectivity index (χ1) is 17.2. The van der Waals surface area contributed by atoms with Crippen molar-refractivity contribution in [3.05, 3.63) is 124 Å². The summed E-state index contributed by atoms with van der Waals surface area (Å²) in [4.78, 5) is 23.2. The van der Waals surface area contributed by atoms with Gasteiger partial charge in [0.25, 0.3) is 0 Å². The molecule has 2 aliphatic rings. The second kappa shape index (κ2) is 8.54. The lowest BCUT2D eigenvalue weighted by atomic mass is 9.92. The molecule has 0 bridgehead atoms. The van der Waals surface area contributed by atoms with E-state index >= 15 is 0 Å². The molecule has 0 amide bonds. The maximum atomic E-state index is 12.1. The highest BCUT2D eigenvalue weighted by Crippen LogP contribution is 2.43. The van der Waals surface area contributed by atoms with Crippen LogP contribution in [0.2, 0.25) is 0 Å². The third-order valence-corrected chi connectivity index (χ3v) is 6.28. The Bertz CT molecular complexity index is 1750. The summed E-state index contributed by atoms with van der Waals surface area (Å²) in [5.41, 5.74) is 5.49. The van der Waals surface area contributed by atoms with E-state index in [9.17, 15) is 9.70 Å². The van der Waals surface area contributed by atoms with E-state index in [1.165, 1.54) is 22.4 Å². The van der Waals surface area contributed by atoms with Gasteiger partial charge >= 0.3 is 0 Å². The molecule has 1 heterocycles. The molecule has 0 atom stereocenters. The minimum Gasteiger partial charge on any atom is -0.456 e. The van der Waals surface area contributed by atoms with Crippen LogP contribution >= 0.6 is 0 Å². The second-order valence-electron chi connectivity index (χ2n) is 8.49. The van der Waals surface area contributed by atoms with Crippen molar-refractivity contribution in [2.24, 2.45) is 5.18 Å². The summed E-state index contributed by atoms with van der Waals surface area (Å²) in [6.45, 7) is 0.652. The van der Waals surface area contributed by atoms with Gasteiger partial charge in [0.2, 0.25) is 0 Å². The Balaban J connectivity index is 1.48. The Morgan fingerprint density at radius 2 is 1.57 bits per heavy atom. The molecular weight excluding hydrogens is 436 g/mol. The normalized spacial score (nSPS) is 11.2. The smallest absolute Gasteiger partial charge is 0.182 e. The highest BCUT2D eigenvalue weighted by molar-refractivity contribution is 6.05. The van der Waals surface area contributed by atoms with E-state index in [4.69, 9.17) is 4.42 Å². The second-order valence-corrected chi connectivity index (χ2v) is 8.49. The zero-order valence-electron chi connectivity index (χ0n) is 18.7. The van der Waals surface area contributed by atoms with E-state index < -0.39 is 0 Å². The fraction of sp³-hybridized carbons (Fsp3) is 0.0333. The molecule has 0 saturated carbocycles. The molecule has 168 valence electrons. The van der Waals surface area contributed by atoms with Crippen LogP contribution in [0.3, 0.4) is 0 Å². The molecule has 6 rings (SSSR count). The van der Waals surface area contributed by atoms with Crippen LogP contribution < -0.4 is 10.7 Å². The first kappa shape index (κ1) is 20.8. The standard InChI is InChI=1S/C30H20N2O3/c33-23-12-14-26-29(17-23)35-28-16-22(32-34)11-13-25(28)30(26)24-7-3-4-8-27(24)31-18-19-9-10-20-5-1-2-6-21(20)15-19/h1-17,31H,18H2. The Morgan fingerprint density at radius 1 is 0.743 bits per heavy atom. The Hall–Kier alpha value is -4.77. The number of hydrogen-bond acceptors (Lipinski definition) is 5. The average Bonchev–Trinajstić information content (AvgIpc) is 2.90. The number of para-hydroxylation sites is 1. The van der Waals surface area contributed by atoms with Gasteiger partial charge in [0.15, 0.2) is 5.43 Å². The SMILES string of the molecule is O=Nc1ccc2c(-c3ccccc3NCc3ccc4ccccc4c3)c3ccc(=O)cc-3oc2c1. The molecule has 4 aromatic carbocycles. The van der Waals surface area contributed by atoms with E-state index in [1.54, 1.807) is 24.3 Å². The quantitative estimate of drug-likeness (QED) is 0.213. The summed E-state index contributed by atoms with van der Waals surface area (Å²) in [5, 5.41) is 9.89. The van der Waals surface area contributed by atoms with E-state index in [0.29, 0.717) is 17.9 Å². The molecule has 0 aromatic heterocycles. The number of hydrogen-bond donors (Lipinski definition) is 1. The molecular formula is C30H20N2O3. The molecule has 0 unspecified atom stereocenters. The van der Waals surface area contributed by atoms with Crippen LogP contribution in [0.1, 0.15) is 5.56 Å². The van der Waals surface area contributed by atoms with Crippen molar-refractivity contribution in [3.63, 3.8) is 0 Å². The largest absolute Gasteiger partial charge is 0.456 e. The number of anilines is 1. The minimum absolute atomic E-state index is 0.140. The zero-order valence-corrected chi connectivity index (χ0v) is 18.7. The molecule has 0 radical (unpaired) electrons. The third-order valence-electron chi connectivity index (χ3n) is 6.28. The van der Waals surface area contributed by atoms with Gasteiger partial charge in [-0.15, -0.1) is 4.91 Å². The fourth-order valence-electron chi connectivity index (χ4n) is 4.61. The first-order valence-corrected chi connectivity index (χ1v) is 11.3. The highest BCUT2D eigenvalue weighted by Gasteiger charge is 2.19. The predicted molar refractivity (Wildman–Crippen MR) is 141 cm³/mol. The number of nitrogens with zero attached hydrogens (tertiary/aromatic N) is 1. The number of nitroso groups, excluding NO2 is 1. The van der Waals surface area contributed by atoms with Crippen molar-refractivity contribution >= 4 is 33.1 Å². The highest BCUT2D eigenvalue weighted by atomic mass is 16.3. The van der Waals surface area contributed by atoms with Gasteiger partial charge in [-0.3, -0.25) is 4.79 Å². The minimum atomic E-state index is -0.140. The molecule has 0 saturated heterocycles. The Morgan fingerprint density at radius 3 is 2.46 bits per heavy atom. The lowest BCUT2D eigenvalue weighted by molar-refractivity contribution is 0.619. The summed E-state index contributed by atoms with van der Waals surface area (Å²) in [6, 6.07) is 32.8. The van der Waals surface area contributed by atoms with Crippen molar-refractivity contribution in [1.82, 2.24) is 0 Å². The number of rotatable bonds is 5. The van der Waals surface area contributed by atoms with Crippen LogP contribution in [-0.4, -0.2) is 0 Å². The van der Waals surface area contributed by atoms with Gasteiger partial charge in [-0.1, -0.05) is 54.6 Å². The number of benzene rings is 5. The van der Waals surface area contributed by atoms with E-state index in [1.807, 2.05) is 42.5 Å². The summed E-state index contributed by atoms with van der Waals surface area (Å²) >= 11 is 0. The van der Waals surface area contributed by atoms with Gasteiger partial charge in [0, 0.05) is 46.4 Å². The van der Waals surface area contributed by atoms with Crippen molar-refractivity contribution in [1.29, 1.82) is 0 Å². The van der Waals surface area contributed by atoms with Crippen molar-refractivity contribution in [2.75, 3.05) is 5.32 Å². The summed E-state index contributed by atoms with van der Waals surface area (Å²) < 4.78 is 6.02. The first-order valence-electron chi connectivity index (χ1n) is 11.3. The van der Waals surface area contributed by atoms with Gasteiger partial charge < -0.3 is 9.73 Å². The van der Waals surface area contributed by atoms with E-state index in [2.05, 4.69) is 40.8 Å². The molecule has 35 heavy (non-hydrogen) atoms. The topological polar surface area (TPSA) is 71.7 Å². The van der Waals surface area contributed by atoms with Crippen molar-refractivity contribution in [2.45, 2.75) is 6.54 Å². The predicted octanol–water partition coefficient (Wildman–Crippen LogP) is 7.73. The van der Waals surface area contributed by atoms with E-state index in [0.717, 1.165) is 27.8 Å². The van der Waals surface area contributed by atoms with Gasteiger partial charge in [0.05, 0.1) is 0 Å². The van der Waals surface area contributed by atoms with Crippen LogP contribution in [0.5, 0.6) is 0 Å². The lowest BCUT2D eigenvalue weighted by Gasteiger charge is -2.18. The van der Waals surface area contributed by atoms with Gasteiger partial charge in [-0.2, -0.15) is 0 Å². The van der Waals surface area contributed by atoms with Crippen molar-refractivity contribution in [3.8, 4) is 22.5 Å². The van der Waals surface area contributed by atoms with Crippen molar-refractivity contribution < 1.29 is 4.42 Å².